The summed E-state index contributed by atoms with van der Waals surface area (Å²) in [4.78, 5) is 2.88. The molecule has 3 heterocycles. The smallest absolute Gasteiger partial charge is 0.0815 e. The van der Waals surface area contributed by atoms with Crippen molar-refractivity contribution < 1.29 is 10.2 Å². The van der Waals surface area contributed by atoms with Gasteiger partial charge in [0, 0.05) is 35.9 Å². The molecule has 3 aliphatic heterocycles. The Hall–Kier alpha value is -0.380. The summed E-state index contributed by atoms with van der Waals surface area (Å²) < 4.78 is 0. The van der Waals surface area contributed by atoms with E-state index in [4.69, 9.17) is 0 Å². The second-order valence-corrected chi connectivity index (χ2v) is 10.5. The molecule has 0 aromatic heterocycles. The van der Waals surface area contributed by atoms with Crippen LogP contribution < -0.4 is 0 Å². The van der Waals surface area contributed by atoms with Gasteiger partial charge >= 0.3 is 0 Å². The molecule has 9 rings (SSSR count). The van der Waals surface area contributed by atoms with Crippen LogP contribution in [0.2, 0.25) is 0 Å². The summed E-state index contributed by atoms with van der Waals surface area (Å²) in [5, 5.41) is 22.6. The van der Waals surface area contributed by atoms with E-state index < -0.39 is 0 Å². The zero-order valence-electron chi connectivity index (χ0n) is 13.9. The van der Waals surface area contributed by atoms with E-state index in [1.165, 1.54) is 25.8 Å². The Bertz CT molecular complexity index is 677. The van der Waals surface area contributed by atoms with Crippen LogP contribution in [0.5, 0.6) is 0 Å². The summed E-state index contributed by atoms with van der Waals surface area (Å²) in [7, 11) is 0. The second kappa shape index (κ2) is 3.20. The van der Waals surface area contributed by atoms with Crippen molar-refractivity contribution in [2.24, 2.45) is 39.9 Å². The van der Waals surface area contributed by atoms with E-state index in [0.29, 0.717) is 34.7 Å². The first-order valence-corrected chi connectivity index (χ1v) is 9.77. The zero-order chi connectivity index (χ0) is 15.5. The molecule has 12 atom stereocenters. The Labute approximate surface area is 137 Å². The first-order chi connectivity index (χ1) is 11.0. The van der Waals surface area contributed by atoms with Gasteiger partial charge in [0.15, 0.2) is 0 Å². The number of fused-ring (bicyclic) bond motifs is 1. The molecule has 9 bridgehead atoms. The Morgan fingerprint density at radius 3 is 2.83 bits per heavy atom. The molecule has 124 valence electrons. The van der Waals surface area contributed by atoms with E-state index in [1.54, 1.807) is 0 Å². The highest BCUT2D eigenvalue weighted by molar-refractivity contribution is 5.43. The number of piperidine rings is 2. The van der Waals surface area contributed by atoms with Crippen molar-refractivity contribution in [3.63, 3.8) is 0 Å². The van der Waals surface area contributed by atoms with E-state index in [-0.39, 0.29) is 23.5 Å². The molecule has 3 unspecified atom stereocenters. The van der Waals surface area contributed by atoms with Crippen molar-refractivity contribution in [1.82, 2.24) is 4.90 Å². The minimum absolute atomic E-state index is 0.0316. The number of hydrogen-bond donors (Lipinski definition) is 2. The van der Waals surface area contributed by atoms with E-state index in [1.807, 2.05) is 0 Å². The Balaban J connectivity index is 1.55. The van der Waals surface area contributed by atoms with Crippen LogP contribution >= 0.6 is 0 Å². The van der Waals surface area contributed by atoms with Crippen LogP contribution in [0.1, 0.15) is 39.0 Å². The summed E-state index contributed by atoms with van der Waals surface area (Å²) in [5.41, 5.74) is 1.72. The van der Waals surface area contributed by atoms with Crippen LogP contribution in [-0.2, 0) is 0 Å². The van der Waals surface area contributed by atoms with Crippen LogP contribution in [0, 0.1) is 39.9 Å². The molecular formula is C20H27NO2. The third-order valence-corrected chi connectivity index (χ3v) is 10.3. The normalized spacial score (nSPS) is 75.6. The lowest BCUT2D eigenvalue weighted by Gasteiger charge is -2.66. The summed E-state index contributed by atoms with van der Waals surface area (Å²) in [6, 6.07) is 1.34. The monoisotopic (exact) mass is 313 g/mol. The Morgan fingerprint density at radius 1 is 1.17 bits per heavy atom. The van der Waals surface area contributed by atoms with Gasteiger partial charge in [0.1, 0.15) is 0 Å². The lowest BCUT2D eigenvalue weighted by Crippen LogP contribution is -2.68. The number of hydrogen-bond acceptors (Lipinski definition) is 3. The number of rotatable bonds is 0. The summed E-state index contributed by atoms with van der Waals surface area (Å²) >= 11 is 0. The van der Waals surface area contributed by atoms with Crippen LogP contribution in [0.15, 0.2) is 12.2 Å². The van der Waals surface area contributed by atoms with Gasteiger partial charge in [0.25, 0.3) is 0 Å². The molecule has 0 aromatic rings. The van der Waals surface area contributed by atoms with Crippen molar-refractivity contribution in [2.75, 3.05) is 6.54 Å². The molecule has 3 saturated heterocycles. The summed E-state index contributed by atoms with van der Waals surface area (Å²) in [5.74, 6) is 1.90. The molecule has 0 amide bonds. The third kappa shape index (κ3) is 0.910. The van der Waals surface area contributed by atoms with Gasteiger partial charge in [-0.2, -0.15) is 0 Å². The van der Waals surface area contributed by atoms with E-state index >= 15 is 0 Å². The number of nitrogens with zero attached hydrogens (tertiary/aromatic N) is 1. The quantitative estimate of drug-likeness (QED) is 0.670. The minimum Gasteiger partial charge on any atom is -0.392 e. The molecule has 6 saturated carbocycles. The maximum Gasteiger partial charge on any atom is 0.0815 e. The van der Waals surface area contributed by atoms with Crippen molar-refractivity contribution in [3.8, 4) is 0 Å². The van der Waals surface area contributed by atoms with Crippen molar-refractivity contribution >= 4 is 0 Å². The van der Waals surface area contributed by atoms with Crippen LogP contribution in [0.25, 0.3) is 0 Å². The predicted octanol–water partition coefficient (Wildman–Crippen LogP) is 1.79. The first kappa shape index (κ1) is 12.9. The summed E-state index contributed by atoms with van der Waals surface area (Å²) in [6.45, 7) is 8.04. The standard InChI is InChI=1S/C20H27NO2/c1-9-10-6-11-16-19-5-3-4-18(2)8-21(16)12(14(18)19)7-20(11,17(9)23)15(19)13(10)22/h10-17,22-23H,1,3-8H2,2H3/t10-,11?,12+,13+,14-,15+,16?,17-,18+,19+,20-/m1/s1. The van der Waals surface area contributed by atoms with Crippen molar-refractivity contribution in [1.29, 1.82) is 0 Å². The zero-order valence-corrected chi connectivity index (χ0v) is 13.9. The van der Waals surface area contributed by atoms with Crippen LogP contribution in [0.4, 0.5) is 0 Å². The van der Waals surface area contributed by atoms with Gasteiger partial charge in [-0.3, -0.25) is 4.90 Å². The molecule has 6 aliphatic carbocycles. The Kier molecular flexibility index (Phi) is 1.79. The first-order valence-electron chi connectivity index (χ1n) is 9.77. The topological polar surface area (TPSA) is 43.7 Å². The van der Waals surface area contributed by atoms with Gasteiger partial charge in [-0.05, 0) is 53.9 Å². The lowest BCUT2D eigenvalue weighted by molar-refractivity contribution is -0.213. The Morgan fingerprint density at radius 2 is 2.00 bits per heavy atom. The summed E-state index contributed by atoms with van der Waals surface area (Å²) in [6.07, 6.45) is 5.64. The SMILES string of the molecule is C=C1[C@H]2CC3C4N5C[C@]6(C)CCC[C@]47[C@H]([C@H]2O)[C@]3(C[C@H]5[C@H]67)[C@@H]1O. The average Bonchev–Trinajstić information content (AvgIpc) is 2.93. The van der Waals surface area contributed by atoms with Crippen LogP contribution in [0.3, 0.4) is 0 Å². The maximum atomic E-state index is 11.3. The van der Waals surface area contributed by atoms with Gasteiger partial charge in [-0.25, -0.2) is 0 Å². The largest absolute Gasteiger partial charge is 0.392 e. The highest BCUT2D eigenvalue weighted by atomic mass is 16.3. The highest BCUT2D eigenvalue weighted by Gasteiger charge is 2.89. The fraction of sp³-hybridized carbons (Fsp3) is 0.900. The molecule has 0 radical (unpaired) electrons. The molecule has 3 heteroatoms. The molecular weight excluding hydrogens is 286 g/mol. The molecule has 2 spiro atoms. The van der Waals surface area contributed by atoms with Gasteiger partial charge < -0.3 is 10.2 Å². The molecule has 23 heavy (non-hydrogen) atoms. The van der Waals surface area contributed by atoms with Crippen molar-refractivity contribution in [3.05, 3.63) is 12.2 Å². The minimum atomic E-state index is -0.349. The number of aliphatic hydroxyl groups excluding tert-OH is 2. The van der Waals surface area contributed by atoms with Gasteiger partial charge in [-0.15, -0.1) is 0 Å². The molecule has 3 nitrogen and oxygen atoms in total. The fourth-order valence-electron chi connectivity index (χ4n) is 10.5. The fourth-order valence-corrected chi connectivity index (χ4v) is 10.5. The van der Waals surface area contributed by atoms with Crippen LogP contribution in [-0.4, -0.2) is 45.9 Å². The van der Waals surface area contributed by atoms with Gasteiger partial charge in [0.2, 0.25) is 0 Å². The average molecular weight is 313 g/mol. The maximum absolute atomic E-state index is 11.3. The van der Waals surface area contributed by atoms with E-state index in [9.17, 15) is 10.2 Å². The van der Waals surface area contributed by atoms with Crippen molar-refractivity contribution in [2.45, 2.75) is 63.3 Å². The van der Waals surface area contributed by atoms with Gasteiger partial charge in [0.05, 0.1) is 12.2 Å². The van der Waals surface area contributed by atoms with E-state index in [0.717, 1.165) is 24.3 Å². The molecule has 0 aromatic carbocycles. The molecule has 9 aliphatic rings. The lowest BCUT2D eigenvalue weighted by atomic mass is 9.39. The van der Waals surface area contributed by atoms with E-state index in [2.05, 4.69) is 18.4 Å². The van der Waals surface area contributed by atoms with Gasteiger partial charge in [-0.1, -0.05) is 19.9 Å². The second-order valence-electron chi connectivity index (χ2n) is 10.5. The number of aliphatic hydroxyl groups is 2. The highest BCUT2D eigenvalue weighted by Crippen LogP contribution is 2.86. The predicted molar refractivity (Wildman–Crippen MR) is 85.5 cm³/mol. The molecule has 2 N–H and O–H groups in total. The third-order valence-electron chi connectivity index (χ3n) is 10.3. The molecule has 9 fully saturated rings.